The van der Waals surface area contributed by atoms with Crippen LogP contribution in [-0.4, -0.2) is 51.7 Å². The lowest BCUT2D eigenvalue weighted by atomic mass is 9.43. The number of nitrogens with zero attached hydrogens (tertiary/aromatic N) is 3. The van der Waals surface area contributed by atoms with Gasteiger partial charge >= 0.3 is 0 Å². The normalized spacial score (nSPS) is 41.3. The van der Waals surface area contributed by atoms with Crippen molar-refractivity contribution in [3.63, 3.8) is 0 Å². The molecule has 6 rings (SSSR count). The van der Waals surface area contributed by atoms with Crippen LogP contribution in [0.5, 0.6) is 0 Å². The summed E-state index contributed by atoms with van der Waals surface area (Å²) in [6, 6.07) is 3.86. The number of thioether (sulfide) groups is 1. The largest absolute Gasteiger partial charge is 0.393 e. The van der Waals surface area contributed by atoms with Gasteiger partial charge in [-0.25, -0.2) is 9.97 Å². The number of ketones is 1. The highest BCUT2D eigenvalue weighted by atomic mass is 32.2. The minimum atomic E-state index is -0.450. The van der Waals surface area contributed by atoms with E-state index >= 15 is 0 Å². The molecule has 0 radical (unpaired) electrons. The van der Waals surface area contributed by atoms with Gasteiger partial charge in [0.05, 0.1) is 11.9 Å². The average molecular weight is 551 g/mol. The first-order valence-electron chi connectivity index (χ1n) is 13.9. The highest BCUT2D eigenvalue weighted by Gasteiger charge is 2.67. The van der Waals surface area contributed by atoms with Crippen molar-refractivity contribution in [2.75, 3.05) is 12.8 Å². The molecule has 0 bridgehead atoms. The lowest BCUT2D eigenvalue weighted by molar-refractivity contribution is -0.156. The van der Waals surface area contributed by atoms with E-state index in [2.05, 4.69) is 41.8 Å². The third-order valence-electron chi connectivity index (χ3n) is 11.2. The van der Waals surface area contributed by atoms with Crippen molar-refractivity contribution >= 4 is 51.2 Å². The Morgan fingerprint density at radius 2 is 2.13 bits per heavy atom. The number of nitrogens with one attached hydrogen (secondary N) is 1. The van der Waals surface area contributed by atoms with E-state index < -0.39 is 11.5 Å². The van der Waals surface area contributed by atoms with E-state index in [4.69, 9.17) is 5.41 Å². The summed E-state index contributed by atoms with van der Waals surface area (Å²) in [5, 5.41) is 19.9. The fraction of sp³-hybridized carbons (Fsp3) is 0.633. The van der Waals surface area contributed by atoms with E-state index in [1.165, 1.54) is 23.5 Å². The monoisotopic (exact) mass is 550 g/mol. The molecule has 4 aliphatic carbocycles. The van der Waals surface area contributed by atoms with Crippen LogP contribution in [0.1, 0.15) is 59.3 Å². The second-order valence-electron chi connectivity index (χ2n) is 12.6. The van der Waals surface area contributed by atoms with Crippen molar-refractivity contribution < 1.29 is 9.90 Å². The fourth-order valence-corrected chi connectivity index (χ4v) is 11.0. The third-order valence-corrected chi connectivity index (χ3v) is 13.3. The molecule has 4 aliphatic rings. The van der Waals surface area contributed by atoms with Crippen LogP contribution in [0.25, 0.3) is 10.3 Å². The Hall–Kier alpha value is -1.90. The van der Waals surface area contributed by atoms with Gasteiger partial charge in [-0.05, 0) is 85.3 Å². The molecule has 3 fully saturated rings. The van der Waals surface area contributed by atoms with Crippen LogP contribution < -0.4 is 0 Å². The van der Waals surface area contributed by atoms with Crippen molar-refractivity contribution in [3.8, 4) is 0 Å². The number of hydrogen-bond donors (Lipinski definition) is 2. The molecule has 8 unspecified atom stereocenters. The first-order valence-corrected chi connectivity index (χ1v) is 15.7. The summed E-state index contributed by atoms with van der Waals surface area (Å²) in [7, 11) is 1.82. The molecule has 202 valence electrons. The molecule has 0 saturated heterocycles. The van der Waals surface area contributed by atoms with Gasteiger partial charge in [0.25, 0.3) is 0 Å². The number of carbonyl (C=O) groups is 1. The first-order chi connectivity index (χ1) is 18.1. The van der Waals surface area contributed by atoms with Gasteiger partial charge in [-0.1, -0.05) is 49.4 Å². The first kappa shape index (κ1) is 26.3. The van der Waals surface area contributed by atoms with Crippen molar-refractivity contribution in [3.05, 3.63) is 30.0 Å². The molecule has 0 spiro atoms. The summed E-state index contributed by atoms with van der Waals surface area (Å²) in [6.45, 7) is 6.80. The van der Waals surface area contributed by atoms with Gasteiger partial charge in [-0.15, -0.1) is 0 Å². The van der Waals surface area contributed by atoms with Crippen molar-refractivity contribution in [1.82, 2.24) is 9.97 Å². The van der Waals surface area contributed by atoms with E-state index in [1.54, 1.807) is 17.5 Å². The molecular formula is C30H38N4O2S2. The number of carbonyl (C=O) groups excluding carboxylic acids is 1. The Balaban J connectivity index is 1.25. The molecule has 0 aliphatic heterocycles. The van der Waals surface area contributed by atoms with Crippen molar-refractivity contribution in [1.29, 1.82) is 5.41 Å². The second kappa shape index (κ2) is 9.34. The molecule has 8 atom stereocenters. The maximum atomic E-state index is 13.9. The Labute approximate surface area is 233 Å². The Bertz CT molecular complexity index is 1320. The Morgan fingerprint density at radius 3 is 2.87 bits per heavy atom. The van der Waals surface area contributed by atoms with Gasteiger partial charge in [-0.3, -0.25) is 9.79 Å². The van der Waals surface area contributed by atoms with Crippen LogP contribution in [0.15, 0.2) is 39.3 Å². The zero-order valence-electron chi connectivity index (χ0n) is 22.7. The van der Waals surface area contributed by atoms with Crippen LogP contribution in [0.4, 0.5) is 0 Å². The number of pyridine rings is 1. The van der Waals surface area contributed by atoms with Gasteiger partial charge in [0, 0.05) is 36.5 Å². The number of rotatable bonds is 5. The third kappa shape index (κ3) is 3.73. The van der Waals surface area contributed by atoms with Gasteiger partial charge in [0.2, 0.25) is 0 Å². The lowest BCUT2D eigenvalue weighted by Crippen LogP contribution is -2.59. The average Bonchev–Trinajstić information content (AvgIpc) is 3.44. The molecule has 8 heteroatoms. The SMILES string of the molecule is CN=C1C=C2CCC3C(C(O)CC4(C)C3CCC4(C)C(=O)CSc3nc4cccnc4s3)C2(C)CC1C=N. The number of Topliss-reactive ketones (excluding diaryl/α,β-unsaturated/α-hetero) is 1. The quantitative estimate of drug-likeness (QED) is 0.339. The summed E-state index contributed by atoms with van der Waals surface area (Å²) in [4.78, 5) is 28.4. The maximum Gasteiger partial charge on any atom is 0.153 e. The smallest absolute Gasteiger partial charge is 0.153 e. The maximum absolute atomic E-state index is 13.9. The van der Waals surface area contributed by atoms with Crippen LogP contribution >= 0.6 is 23.1 Å². The molecule has 3 saturated carbocycles. The summed E-state index contributed by atoms with van der Waals surface area (Å²) < 4.78 is 0.895. The molecule has 2 aromatic rings. The molecule has 2 N–H and O–H groups in total. The molecule has 6 nitrogen and oxygen atoms in total. The van der Waals surface area contributed by atoms with Crippen LogP contribution in [0, 0.1) is 45.3 Å². The number of thiazole rings is 1. The number of aliphatic imine (C=N–C) groups is 1. The highest BCUT2D eigenvalue weighted by molar-refractivity contribution is 8.01. The zero-order chi connectivity index (χ0) is 26.9. The van der Waals surface area contributed by atoms with Gasteiger partial charge < -0.3 is 10.5 Å². The fourth-order valence-electron chi connectivity index (χ4n) is 9.00. The molecule has 2 aromatic heterocycles. The van der Waals surface area contributed by atoms with Crippen LogP contribution in [0.2, 0.25) is 0 Å². The van der Waals surface area contributed by atoms with Crippen LogP contribution in [0.3, 0.4) is 0 Å². The van der Waals surface area contributed by atoms with Gasteiger partial charge in [-0.2, -0.15) is 0 Å². The highest BCUT2D eigenvalue weighted by Crippen LogP contribution is 2.70. The number of aromatic nitrogens is 2. The Morgan fingerprint density at radius 1 is 1.32 bits per heavy atom. The number of allylic oxidation sites excluding steroid dienone is 2. The number of hydrogen-bond acceptors (Lipinski definition) is 8. The minimum Gasteiger partial charge on any atom is -0.393 e. The molecule has 38 heavy (non-hydrogen) atoms. The topological polar surface area (TPSA) is 99.3 Å². The van der Waals surface area contributed by atoms with Gasteiger partial charge in [0.15, 0.2) is 4.34 Å². The zero-order valence-corrected chi connectivity index (χ0v) is 24.4. The predicted molar refractivity (Wildman–Crippen MR) is 155 cm³/mol. The molecule has 0 aromatic carbocycles. The summed E-state index contributed by atoms with van der Waals surface area (Å²) in [6.07, 6.45) is 10.6. The van der Waals surface area contributed by atoms with Crippen molar-refractivity contribution in [2.45, 2.75) is 69.7 Å². The van der Waals surface area contributed by atoms with E-state index in [-0.39, 0.29) is 22.7 Å². The standard InChI is InChI=1S/C30H38N4O2S2/c1-28-13-17(15-31)22(32-4)12-18(28)7-8-19-20-9-10-29(2,30(20,3)14-23(35)25(19)28)24(36)16-37-27-34-21-6-5-11-33-26(21)38-27/h5-6,11-12,15,17,19-20,23,25,31,35H,7-10,13-14,16H2,1-4H3. The van der Waals surface area contributed by atoms with E-state index in [9.17, 15) is 9.90 Å². The van der Waals surface area contributed by atoms with Gasteiger partial charge in [0.1, 0.15) is 16.1 Å². The van der Waals surface area contributed by atoms with E-state index in [0.29, 0.717) is 29.8 Å². The predicted octanol–water partition coefficient (Wildman–Crippen LogP) is 6.24. The minimum absolute atomic E-state index is 0.0122. The van der Waals surface area contributed by atoms with Crippen LogP contribution in [-0.2, 0) is 4.79 Å². The molecule has 2 heterocycles. The summed E-state index contributed by atoms with van der Waals surface area (Å²) in [5.41, 5.74) is 2.50. The van der Waals surface area contributed by atoms with E-state index in [1.807, 2.05) is 19.2 Å². The number of fused-ring (bicyclic) bond motifs is 6. The molecule has 0 amide bonds. The number of aliphatic hydroxyl groups excluding tert-OH is 1. The Kier molecular flexibility index (Phi) is 6.47. The summed E-state index contributed by atoms with van der Waals surface area (Å²) >= 11 is 3.09. The second-order valence-corrected chi connectivity index (χ2v) is 14.8. The molecular weight excluding hydrogens is 512 g/mol. The summed E-state index contributed by atoms with van der Waals surface area (Å²) in [5.74, 6) is 1.71. The van der Waals surface area contributed by atoms with Crippen molar-refractivity contribution in [2.24, 2.45) is 44.9 Å². The van der Waals surface area contributed by atoms with E-state index in [0.717, 1.165) is 52.5 Å². The number of aliphatic hydroxyl groups is 1. The lowest BCUT2D eigenvalue weighted by Gasteiger charge is -2.61.